The van der Waals surface area contributed by atoms with Crippen molar-refractivity contribution in [1.29, 1.82) is 0 Å². The highest BCUT2D eigenvalue weighted by molar-refractivity contribution is 7.99. The Kier molecular flexibility index (Phi) is 5.07. The van der Waals surface area contributed by atoms with Crippen LogP contribution in [-0.4, -0.2) is 41.9 Å². The molecule has 1 fully saturated rings. The predicted molar refractivity (Wildman–Crippen MR) is 78.0 cm³/mol. The molecule has 1 amide bonds. The zero-order chi connectivity index (χ0) is 13.7. The van der Waals surface area contributed by atoms with Crippen molar-refractivity contribution in [2.24, 2.45) is 0 Å². The van der Waals surface area contributed by atoms with Crippen LogP contribution in [-0.2, 0) is 4.79 Å². The summed E-state index contributed by atoms with van der Waals surface area (Å²) in [5, 5.41) is 3.37. The van der Waals surface area contributed by atoms with Gasteiger partial charge in [-0.3, -0.25) is 4.79 Å². The molecule has 104 valence electrons. The van der Waals surface area contributed by atoms with Crippen LogP contribution in [0.1, 0.15) is 12.8 Å². The van der Waals surface area contributed by atoms with Crippen LogP contribution < -0.4 is 5.32 Å². The minimum atomic E-state index is -0.231. The maximum Gasteiger partial charge on any atom is 0.232 e. The van der Waals surface area contributed by atoms with E-state index in [2.05, 4.69) is 5.32 Å². The van der Waals surface area contributed by atoms with E-state index in [1.54, 1.807) is 23.9 Å². The van der Waals surface area contributed by atoms with Crippen LogP contribution in [0.4, 0.5) is 10.1 Å². The molecule has 1 N–H and O–H groups in total. The van der Waals surface area contributed by atoms with Gasteiger partial charge in [-0.05, 0) is 43.4 Å². The third-order valence-corrected chi connectivity index (χ3v) is 3.79. The van der Waals surface area contributed by atoms with Gasteiger partial charge < -0.3 is 10.2 Å². The van der Waals surface area contributed by atoms with Gasteiger partial charge in [0.2, 0.25) is 5.91 Å². The van der Waals surface area contributed by atoms with Crippen LogP contribution in [0.3, 0.4) is 0 Å². The summed E-state index contributed by atoms with van der Waals surface area (Å²) in [4.78, 5) is 13.8. The SMILES string of the molecule is CSCC(=O)N1CCC[C@H](Nc2ccc(F)cc2)C1. The lowest BCUT2D eigenvalue weighted by Crippen LogP contribution is -2.45. The molecule has 1 aliphatic rings. The van der Waals surface area contributed by atoms with Crippen LogP contribution >= 0.6 is 11.8 Å². The van der Waals surface area contributed by atoms with Crippen molar-refractivity contribution in [3.63, 3.8) is 0 Å². The lowest BCUT2D eigenvalue weighted by Gasteiger charge is -2.33. The summed E-state index contributed by atoms with van der Waals surface area (Å²) in [6, 6.07) is 6.62. The Labute approximate surface area is 117 Å². The number of rotatable bonds is 4. The Bertz CT molecular complexity index is 424. The van der Waals surface area contributed by atoms with Crippen LogP contribution in [0, 0.1) is 5.82 Å². The summed E-state index contributed by atoms with van der Waals surface area (Å²) in [6.07, 6.45) is 4.00. The molecule has 1 aromatic carbocycles. The maximum absolute atomic E-state index is 12.8. The fraction of sp³-hybridized carbons (Fsp3) is 0.500. The van der Waals surface area contributed by atoms with E-state index < -0.39 is 0 Å². The molecule has 19 heavy (non-hydrogen) atoms. The van der Waals surface area contributed by atoms with Crippen molar-refractivity contribution in [3.8, 4) is 0 Å². The van der Waals surface area contributed by atoms with E-state index in [4.69, 9.17) is 0 Å². The Morgan fingerprint density at radius 3 is 2.89 bits per heavy atom. The molecule has 0 radical (unpaired) electrons. The summed E-state index contributed by atoms with van der Waals surface area (Å²) in [5.74, 6) is 0.521. The second-order valence-electron chi connectivity index (χ2n) is 4.76. The van der Waals surface area contributed by atoms with E-state index >= 15 is 0 Å². The maximum atomic E-state index is 12.8. The van der Waals surface area contributed by atoms with Gasteiger partial charge in [0.05, 0.1) is 5.75 Å². The van der Waals surface area contributed by atoms with Crippen molar-refractivity contribution in [1.82, 2.24) is 4.90 Å². The normalized spacial score (nSPS) is 19.3. The first kappa shape index (κ1) is 14.2. The van der Waals surface area contributed by atoms with E-state index in [9.17, 15) is 9.18 Å². The molecule has 1 aliphatic heterocycles. The largest absolute Gasteiger partial charge is 0.381 e. The quantitative estimate of drug-likeness (QED) is 0.921. The second kappa shape index (κ2) is 6.80. The number of hydrogen-bond acceptors (Lipinski definition) is 3. The molecule has 0 aliphatic carbocycles. The molecule has 1 heterocycles. The summed E-state index contributed by atoms with van der Waals surface area (Å²) >= 11 is 1.56. The van der Waals surface area contributed by atoms with Crippen LogP contribution in [0.5, 0.6) is 0 Å². The van der Waals surface area contributed by atoms with Crippen LogP contribution in [0.2, 0.25) is 0 Å². The van der Waals surface area contributed by atoms with E-state index in [0.29, 0.717) is 5.75 Å². The summed E-state index contributed by atoms with van der Waals surface area (Å²) in [5.41, 5.74) is 0.908. The number of anilines is 1. The molecule has 1 saturated heterocycles. The first-order chi connectivity index (χ1) is 9.19. The molecule has 0 spiro atoms. The fourth-order valence-corrected chi connectivity index (χ4v) is 2.75. The van der Waals surface area contributed by atoms with Crippen molar-refractivity contribution >= 4 is 23.4 Å². The minimum Gasteiger partial charge on any atom is -0.381 e. The summed E-state index contributed by atoms with van der Waals surface area (Å²) < 4.78 is 12.8. The number of nitrogens with one attached hydrogen (secondary N) is 1. The van der Waals surface area contributed by atoms with Crippen LogP contribution in [0.15, 0.2) is 24.3 Å². The molecule has 5 heteroatoms. The van der Waals surface area contributed by atoms with Gasteiger partial charge in [-0.25, -0.2) is 4.39 Å². The Morgan fingerprint density at radius 1 is 1.47 bits per heavy atom. The van der Waals surface area contributed by atoms with Gasteiger partial charge in [0.1, 0.15) is 5.82 Å². The molecule has 0 unspecified atom stereocenters. The lowest BCUT2D eigenvalue weighted by molar-refractivity contribution is -0.129. The summed E-state index contributed by atoms with van der Waals surface area (Å²) in [6.45, 7) is 1.58. The molecule has 1 atom stereocenters. The number of hydrogen-bond donors (Lipinski definition) is 1. The Hall–Kier alpha value is -1.23. The van der Waals surface area contributed by atoms with Crippen molar-refractivity contribution in [3.05, 3.63) is 30.1 Å². The highest BCUT2D eigenvalue weighted by Gasteiger charge is 2.22. The zero-order valence-electron chi connectivity index (χ0n) is 11.1. The van der Waals surface area contributed by atoms with Gasteiger partial charge in [-0.2, -0.15) is 11.8 Å². The smallest absolute Gasteiger partial charge is 0.232 e. The Balaban J connectivity index is 1.90. The number of piperidine rings is 1. The second-order valence-corrected chi connectivity index (χ2v) is 5.63. The highest BCUT2D eigenvalue weighted by atomic mass is 32.2. The highest BCUT2D eigenvalue weighted by Crippen LogP contribution is 2.17. The van der Waals surface area contributed by atoms with E-state index in [1.165, 1.54) is 12.1 Å². The molecule has 0 aromatic heterocycles. The van der Waals surface area contributed by atoms with Crippen molar-refractivity contribution in [2.45, 2.75) is 18.9 Å². The van der Waals surface area contributed by atoms with Gasteiger partial charge in [0, 0.05) is 24.8 Å². The first-order valence-corrected chi connectivity index (χ1v) is 7.87. The molecule has 0 saturated carbocycles. The number of carbonyl (C=O) groups is 1. The molecule has 2 rings (SSSR count). The van der Waals surface area contributed by atoms with Crippen molar-refractivity contribution in [2.75, 3.05) is 30.4 Å². The van der Waals surface area contributed by atoms with Gasteiger partial charge in [-0.1, -0.05) is 0 Å². The molecular formula is C14H19FN2OS. The molecular weight excluding hydrogens is 263 g/mol. The molecule has 0 bridgehead atoms. The van der Waals surface area contributed by atoms with E-state index in [1.807, 2.05) is 11.2 Å². The lowest BCUT2D eigenvalue weighted by atomic mass is 10.1. The van der Waals surface area contributed by atoms with E-state index in [-0.39, 0.29) is 17.8 Å². The predicted octanol–water partition coefficient (Wildman–Crippen LogP) is 2.59. The number of halogens is 1. The summed E-state index contributed by atoms with van der Waals surface area (Å²) in [7, 11) is 0. The van der Waals surface area contributed by atoms with Gasteiger partial charge in [-0.15, -0.1) is 0 Å². The fourth-order valence-electron chi connectivity index (χ4n) is 2.32. The zero-order valence-corrected chi connectivity index (χ0v) is 11.9. The van der Waals surface area contributed by atoms with Gasteiger partial charge in [0.15, 0.2) is 0 Å². The number of carbonyl (C=O) groups excluding carboxylic acids is 1. The third-order valence-electron chi connectivity index (χ3n) is 3.26. The number of likely N-dealkylation sites (tertiary alicyclic amines) is 1. The third kappa shape index (κ3) is 4.13. The standard InChI is InChI=1S/C14H19FN2OS/c1-19-10-14(18)17-8-2-3-13(9-17)16-12-6-4-11(15)5-7-12/h4-7,13,16H,2-3,8-10H2,1H3/t13-/m0/s1. The number of nitrogens with zero attached hydrogens (tertiary/aromatic N) is 1. The number of amides is 1. The average Bonchev–Trinajstić information content (AvgIpc) is 2.42. The van der Waals surface area contributed by atoms with Crippen molar-refractivity contribution < 1.29 is 9.18 Å². The minimum absolute atomic E-state index is 0.207. The van der Waals surface area contributed by atoms with Gasteiger partial charge >= 0.3 is 0 Å². The first-order valence-electron chi connectivity index (χ1n) is 6.48. The topological polar surface area (TPSA) is 32.3 Å². The molecule has 1 aromatic rings. The number of benzene rings is 1. The van der Waals surface area contributed by atoms with E-state index in [0.717, 1.165) is 31.6 Å². The monoisotopic (exact) mass is 282 g/mol. The number of thioether (sulfide) groups is 1. The Morgan fingerprint density at radius 2 is 2.21 bits per heavy atom. The molecule has 3 nitrogen and oxygen atoms in total. The van der Waals surface area contributed by atoms with Crippen LogP contribution in [0.25, 0.3) is 0 Å². The average molecular weight is 282 g/mol. The van der Waals surface area contributed by atoms with Gasteiger partial charge in [0.25, 0.3) is 0 Å².